The van der Waals surface area contributed by atoms with Gasteiger partial charge in [-0.2, -0.15) is 0 Å². The van der Waals surface area contributed by atoms with Crippen LogP contribution in [0.2, 0.25) is 0 Å². The second kappa shape index (κ2) is 4.81. The summed E-state index contributed by atoms with van der Waals surface area (Å²) in [5, 5.41) is 10.6. The quantitative estimate of drug-likeness (QED) is 0.580. The molecule has 0 unspecified atom stereocenters. The summed E-state index contributed by atoms with van der Waals surface area (Å²) < 4.78 is 26.3. The van der Waals surface area contributed by atoms with E-state index in [0.717, 1.165) is 16.1 Å². The average Bonchev–Trinajstić information content (AvgIpc) is 2.83. The first-order valence-corrected chi connectivity index (χ1v) is 7.58. The molecule has 0 spiro atoms. The van der Waals surface area contributed by atoms with Crippen LogP contribution in [0.5, 0.6) is 0 Å². The van der Waals surface area contributed by atoms with Crippen molar-refractivity contribution < 1.29 is 13.3 Å². The number of rotatable bonds is 3. The third-order valence-electron chi connectivity index (χ3n) is 3.13. The number of nitrogens with two attached hydrogens (primary N) is 1. The van der Waals surface area contributed by atoms with E-state index in [-0.39, 0.29) is 16.5 Å². The fourth-order valence-corrected chi connectivity index (χ4v) is 3.51. The van der Waals surface area contributed by atoms with E-state index in [0.29, 0.717) is 11.0 Å². The molecule has 3 aromatic rings. The van der Waals surface area contributed by atoms with Crippen molar-refractivity contribution >= 4 is 32.7 Å². The Hall–Kier alpha value is -2.94. The topological polar surface area (TPSA) is 121 Å². The molecule has 0 aliphatic heterocycles. The van der Waals surface area contributed by atoms with Gasteiger partial charge in [-0.3, -0.25) is 10.1 Å². The molecule has 22 heavy (non-hydrogen) atoms. The first-order chi connectivity index (χ1) is 10.4. The number of nitro benzene ring substituents is 1. The van der Waals surface area contributed by atoms with E-state index in [4.69, 9.17) is 5.73 Å². The number of imidazole rings is 1. The summed E-state index contributed by atoms with van der Waals surface area (Å²) in [5.41, 5.74) is 6.32. The van der Waals surface area contributed by atoms with Gasteiger partial charge in [-0.05, 0) is 24.3 Å². The van der Waals surface area contributed by atoms with Gasteiger partial charge in [0.05, 0.1) is 20.9 Å². The Balaban J connectivity index is 2.20. The second-order valence-electron chi connectivity index (χ2n) is 4.48. The van der Waals surface area contributed by atoms with Crippen molar-refractivity contribution in [3.05, 3.63) is 58.6 Å². The summed E-state index contributed by atoms with van der Waals surface area (Å²) >= 11 is 0. The van der Waals surface area contributed by atoms with Gasteiger partial charge in [-0.1, -0.05) is 12.1 Å². The van der Waals surface area contributed by atoms with Crippen LogP contribution < -0.4 is 5.73 Å². The van der Waals surface area contributed by atoms with Gasteiger partial charge in [0.1, 0.15) is 0 Å². The molecule has 0 fully saturated rings. The fourth-order valence-electron chi connectivity index (χ4n) is 2.12. The summed E-state index contributed by atoms with van der Waals surface area (Å²) in [5.74, 6) is -0.167. The lowest BCUT2D eigenvalue weighted by Gasteiger charge is -2.08. The molecule has 0 saturated heterocycles. The lowest BCUT2D eigenvalue weighted by atomic mass is 10.3. The minimum absolute atomic E-state index is 0.104. The van der Waals surface area contributed by atoms with E-state index in [2.05, 4.69) is 4.98 Å². The van der Waals surface area contributed by atoms with E-state index in [1.807, 2.05) is 0 Å². The van der Waals surface area contributed by atoms with Crippen LogP contribution in [0.3, 0.4) is 0 Å². The molecular formula is C13H10N4O4S. The molecule has 0 radical (unpaired) electrons. The highest BCUT2D eigenvalue weighted by molar-refractivity contribution is 7.90. The van der Waals surface area contributed by atoms with Gasteiger partial charge in [0.25, 0.3) is 15.7 Å². The van der Waals surface area contributed by atoms with Gasteiger partial charge in [-0.15, -0.1) is 0 Å². The van der Waals surface area contributed by atoms with Crippen LogP contribution in [0.15, 0.2) is 53.4 Å². The number of hydrogen-bond acceptors (Lipinski definition) is 6. The highest BCUT2D eigenvalue weighted by Crippen LogP contribution is 2.25. The van der Waals surface area contributed by atoms with Gasteiger partial charge in [0, 0.05) is 12.1 Å². The van der Waals surface area contributed by atoms with Crippen LogP contribution in [0.4, 0.5) is 11.6 Å². The Kier molecular flexibility index (Phi) is 3.06. The SMILES string of the molecule is Nc1nc2ccccc2n1S(=O)(=O)c1ccc([N+](=O)[O-])cc1. The molecule has 2 aromatic carbocycles. The Bertz CT molecular complexity index is 977. The lowest BCUT2D eigenvalue weighted by Crippen LogP contribution is -2.15. The first-order valence-electron chi connectivity index (χ1n) is 6.14. The number of nitrogen functional groups attached to an aromatic ring is 1. The predicted molar refractivity (Wildman–Crippen MR) is 79.8 cm³/mol. The molecule has 0 saturated carbocycles. The maximum Gasteiger partial charge on any atom is 0.271 e. The Morgan fingerprint density at radius 3 is 2.36 bits per heavy atom. The summed E-state index contributed by atoms with van der Waals surface area (Å²) in [6.45, 7) is 0. The van der Waals surface area contributed by atoms with Gasteiger partial charge < -0.3 is 5.73 Å². The monoisotopic (exact) mass is 318 g/mol. The summed E-state index contributed by atoms with van der Waals surface area (Å²) in [4.78, 5) is 13.9. The third-order valence-corrected chi connectivity index (χ3v) is 4.86. The maximum absolute atomic E-state index is 12.7. The zero-order valence-electron chi connectivity index (χ0n) is 11.1. The standard InChI is InChI=1S/C13H10N4O4S/c14-13-15-11-3-1-2-4-12(11)16(13)22(20,21)10-7-5-9(6-8-10)17(18)19/h1-8H,(H2,14,15). The third kappa shape index (κ3) is 2.07. The van der Waals surface area contributed by atoms with Crippen molar-refractivity contribution in [2.24, 2.45) is 0 Å². The number of non-ortho nitro benzene ring substituents is 1. The van der Waals surface area contributed by atoms with E-state index in [1.54, 1.807) is 24.3 Å². The molecule has 8 nitrogen and oxygen atoms in total. The molecule has 0 aliphatic carbocycles. The number of benzene rings is 2. The van der Waals surface area contributed by atoms with Gasteiger partial charge >= 0.3 is 0 Å². The summed E-state index contributed by atoms with van der Waals surface area (Å²) in [7, 11) is -3.99. The minimum atomic E-state index is -3.99. The zero-order valence-corrected chi connectivity index (χ0v) is 11.9. The zero-order chi connectivity index (χ0) is 15.9. The van der Waals surface area contributed by atoms with Gasteiger partial charge in [-0.25, -0.2) is 17.4 Å². The molecule has 1 heterocycles. The Labute approximate surface area is 125 Å². The molecule has 0 amide bonds. The first kappa shape index (κ1) is 14.0. The molecule has 112 valence electrons. The molecule has 2 N–H and O–H groups in total. The van der Waals surface area contributed by atoms with Crippen molar-refractivity contribution in [2.45, 2.75) is 4.90 Å². The molecule has 3 rings (SSSR count). The van der Waals surface area contributed by atoms with Crippen LogP contribution in [-0.4, -0.2) is 22.3 Å². The number of fused-ring (bicyclic) bond motifs is 1. The lowest BCUT2D eigenvalue weighted by molar-refractivity contribution is -0.384. The number of para-hydroxylation sites is 2. The van der Waals surface area contributed by atoms with E-state index in [9.17, 15) is 18.5 Å². The van der Waals surface area contributed by atoms with E-state index >= 15 is 0 Å². The van der Waals surface area contributed by atoms with Crippen LogP contribution in [0, 0.1) is 10.1 Å². The van der Waals surface area contributed by atoms with Crippen LogP contribution >= 0.6 is 0 Å². The number of nitro groups is 1. The van der Waals surface area contributed by atoms with Gasteiger partial charge in [0.15, 0.2) is 0 Å². The van der Waals surface area contributed by atoms with Crippen molar-refractivity contribution in [2.75, 3.05) is 5.73 Å². The Morgan fingerprint density at radius 2 is 1.73 bits per heavy atom. The van der Waals surface area contributed by atoms with Crippen LogP contribution in [-0.2, 0) is 10.0 Å². The van der Waals surface area contributed by atoms with Crippen molar-refractivity contribution in [3.8, 4) is 0 Å². The highest BCUT2D eigenvalue weighted by Gasteiger charge is 2.23. The number of anilines is 1. The predicted octanol–water partition coefficient (Wildman–Crippen LogP) is 1.76. The second-order valence-corrected chi connectivity index (χ2v) is 6.27. The smallest absolute Gasteiger partial charge is 0.271 e. The molecule has 1 aromatic heterocycles. The van der Waals surface area contributed by atoms with Crippen molar-refractivity contribution in [1.29, 1.82) is 0 Å². The molecule has 9 heteroatoms. The minimum Gasteiger partial charge on any atom is -0.368 e. The number of nitrogens with zero attached hydrogens (tertiary/aromatic N) is 3. The summed E-state index contributed by atoms with van der Waals surface area (Å²) in [6.07, 6.45) is 0. The van der Waals surface area contributed by atoms with Crippen molar-refractivity contribution in [1.82, 2.24) is 8.96 Å². The largest absolute Gasteiger partial charge is 0.368 e. The van der Waals surface area contributed by atoms with Crippen LogP contribution in [0.25, 0.3) is 11.0 Å². The fraction of sp³-hybridized carbons (Fsp3) is 0. The summed E-state index contributed by atoms with van der Waals surface area (Å²) in [6, 6.07) is 11.2. The maximum atomic E-state index is 12.7. The average molecular weight is 318 g/mol. The molecule has 0 aliphatic rings. The van der Waals surface area contributed by atoms with Crippen molar-refractivity contribution in [3.63, 3.8) is 0 Å². The molecular weight excluding hydrogens is 308 g/mol. The number of hydrogen-bond donors (Lipinski definition) is 1. The van der Waals surface area contributed by atoms with E-state index < -0.39 is 14.9 Å². The Morgan fingerprint density at radius 1 is 1.09 bits per heavy atom. The molecule has 0 bridgehead atoms. The number of aromatic nitrogens is 2. The van der Waals surface area contributed by atoms with Crippen LogP contribution in [0.1, 0.15) is 0 Å². The van der Waals surface area contributed by atoms with Gasteiger partial charge in [0.2, 0.25) is 5.95 Å². The highest BCUT2D eigenvalue weighted by atomic mass is 32.2. The normalized spacial score (nSPS) is 11.6. The molecule has 0 atom stereocenters. The van der Waals surface area contributed by atoms with E-state index in [1.165, 1.54) is 12.1 Å².